The highest BCUT2D eigenvalue weighted by Gasteiger charge is 1.96. The Balaban J connectivity index is 0.000000400. The van der Waals surface area contributed by atoms with Gasteiger partial charge < -0.3 is 20.4 Å². The predicted molar refractivity (Wildman–Crippen MR) is 163 cm³/mol. The van der Waals surface area contributed by atoms with Crippen LogP contribution in [0.3, 0.4) is 0 Å². The summed E-state index contributed by atoms with van der Waals surface area (Å²) >= 11 is 0. The molecule has 208 valence electrons. The molecule has 0 heterocycles. The van der Waals surface area contributed by atoms with Gasteiger partial charge in [-0.05, 0) is 48.2 Å². The molecule has 0 aliphatic rings. The van der Waals surface area contributed by atoms with E-state index >= 15 is 0 Å². The largest absolute Gasteiger partial charge is 0.508 e. The summed E-state index contributed by atoms with van der Waals surface area (Å²) in [5.41, 5.74) is 1.63. The van der Waals surface area contributed by atoms with Crippen LogP contribution in [0, 0.1) is 0 Å². The lowest BCUT2D eigenvalue weighted by Gasteiger charge is -1.98. The molecule has 0 spiro atoms. The van der Waals surface area contributed by atoms with E-state index in [-0.39, 0.29) is 17.2 Å². The highest BCUT2D eigenvalue weighted by molar-refractivity contribution is 5.80. The summed E-state index contributed by atoms with van der Waals surface area (Å²) < 4.78 is 0. The van der Waals surface area contributed by atoms with Gasteiger partial charge in [0.2, 0.25) is 0 Å². The van der Waals surface area contributed by atoms with Gasteiger partial charge in [0.05, 0.1) is 0 Å². The van der Waals surface area contributed by atoms with Crippen LogP contribution in [-0.2, 0) is 4.79 Å². The summed E-state index contributed by atoms with van der Waals surface area (Å²) in [5.74, 6) is -0.664. The van der Waals surface area contributed by atoms with Crippen LogP contribution in [0.2, 0.25) is 0 Å². The highest BCUT2D eigenvalue weighted by Crippen LogP contribution is 2.22. The van der Waals surface area contributed by atoms with Crippen LogP contribution in [0.1, 0.15) is 69.4 Å². The Morgan fingerprint density at radius 2 is 1.13 bits per heavy atom. The van der Waals surface area contributed by atoms with Crippen LogP contribution in [0.5, 0.6) is 17.2 Å². The maximum absolute atomic E-state index is 10.2. The Kier molecular flexibility index (Phi) is 18.3. The smallest absolute Gasteiger partial charge is 0.328 e. The van der Waals surface area contributed by atoms with Gasteiger partial charge in [-0.15, -0.1) is 0 Å². The van der Waals surface area contributed by atoms with Gasteiger partial charge in [-0.3, -0.25) is 0 Å². The number of hydrogen-bond acceptors (Lipinski definition) is 4. The molecule has 0 bridgehead atoms. The minimum atomic E-state index is -0.931. The zero-order chi connectivity index (χ0) is 28.6. The molecule has 0 aliphatic carbocycles. The fraction of sp³-hybridized carbons (Fsp3) is 0.265. The number of benzene rings is 2. The second kappa shape index (κ2) is 21.8. The number of allylic oxidation sites excluding steroid dienone is 9. The Bertz CT molecular complexity index is 1100. The zero-order valence-electron chi connectivity index (χ0n) is 22.8. The maximum atomic E-state index is 10.2. The van der Waals surface area contributed by atoms with E-state index in [1.54, 1.807) is 54.6 Å². The van der Waals surface area contributed by atoms with Gasteiger partial charge >= 0.3 is 5.97 Å². The van der Waals surface area contributed by atoms with Crippen molar-refractivity contribution in [3.8, 4) is 17.2 Å². The van der Waals surface area contributed by atoms with E-state index in [1.807, 2.05) is 30.4 Å². The predicted octanol–water partition coefficient (Wildman–Crippen LogP) is 8.97. The Hall–Kier alpha value is -4.25. The Morgan fingerprint density at radius 3 is 1.72 bits per heavy atom. The molecule has 0 aromatic heterocycles. The topological polar surface area (TPSA) is 98.0 Å². The number of carboxylic acids is 1. The number of aliphatic carboxylic acids is 1. The second-order valence-corrected chi connectivity index (χ2v) is 8.90. The number of unbranched alkanes of at least 4 members (excludes halogenated alkanes) is 7. The van der Waals surface area contributed by atoms with Crippen LogP contribution in [-0.4, -0.2) is 26.4 Å². The normalized spacial score (nSPS) is 11.9. The van der Waals surface area contributed by atoms with E-state index in [4.69, 9.17) is 10.2 Å². The molecule has 2 aromatic carbocycles. The molecule has 0 amide bonds. The van der Waals surface area contributed by atoms with Crippen molar-refractivity contribution in [1.29, 1.82) is 0 Å². The fourth-order valence-corrected chi connectivity index (χ4v) is 3.41. The Labute approximate surface area is 233 Å². The molecule has 5 nitrogen and oxygen atoms in total. The van der Waals surface area contributed by atoms with Crippen LogP contribution in [0.4, 0.5) is 0 Å². The number of phenolic OH excluding ortho intramolecular Hbond substituents is 3. The van der Waals surface area contributed by atoms with Crippen molar-refractivity contribution in [3.05, 3.63) is 114 Å². The van der Waals surface area contributed by atoms with Gasteiger partial charge in [0.25, 0.3) is 0 Å². The number of rotatable bonds is 15. The summed E-state index contributed by atoms with van der Waals surface area (Å²) in [6.07, 6.45) is 32.4. The number of hydrogen-bond donors (Lipinski definition) is 4. The summed E-state index contributed by atoms with van der Waals surface area (Å²) in [6.45, 7) is 2.25. The van der Waals surface area contributed by atoms with Crippen molar-refractivity contribution >= 4 is 18.1 Å². The molecule has 0 atom stereocenters. The molecule has 0 aliphatic heterocycles. The summed E-state index contributed by atoms with van der Waals surface area (Å²) in [7, 11) is 0. The fourth-order valence-electron chi connectivity index (χ4n) is 3.41. The van der Waals surface area contributed by atoms with Gasteiger partial charge in [0.15, 0.2) is 0 Å². The van der Waals surface area contributed by atoms with E-state index in [0.717, 1.165) is 18.1 Å². The second-order valence-electron chi connectivity index (χ2n) is 8.90. The van der Waals surface area contributed by atoms with E-state index in [1.165, 1.54) is 57.1 Å². The number of carboxylic acid groups (broad SMARTS) is 1. The quantitative estimate of drug-likeness (QED) is 0.0797. The average Bonchev–Trinajstić information content (AvgIpc) is 2.90. The third-order valence-electron chi connectivity index (χ3n) is 5.41. The SMILES string of the molecule is CCCCCCCCC/C=C/C=C/C=C/C=C/C=C/C(=O)O.Oc1ccc(/C=C/c2cc(O)cc(O)c2)cc1. The van der Waals surface area contributed by atoms with Gasteiger partial charge in [-0.25, -0.2) is 4.79 Å². The third kappa shape index (κ3) is 19.5. The third-order valence-corrected chi connectivity index (χ3v) is 5.41. The molecule has 39 heavy (non-hydrogen) atoms. The molecule has 0 fully saturated rings. The number of aromatic hydroxyl groups is 3. The van der Waals surface area contributed by atoms with Gasteiger partial charge in [0.1, 0.15) is 17.2 Å². The van der Waals surface area contributed by atoms with E-state index in [0.29, 0.717) is 5.56 Å². The molecular weight excluding hydrogens is 488 g/mol. The molecule has 0 saturated carbocycles. The minimum Gasteiger partial charge on any atom is -0.508 e. The standard InChI is InChI=1S/C20H30O2.C14H12O3/c1-2-3-4-5-6-7-8-9-10-11-12-13-14-15-16-17-18-19-20(21)22;15-12-5-3-10(4-6-12)1-2-11-7-13(16)9-14(17)8-11/h10-19H,2-9H2,1H3,(H,21,22);1-9,15-17H/b11-10+,13-12+,15-14+,17-16+,19-18+;2-1+. The lowest BCUT2D eigenvalue weighted by Crippen LogP contribution is -1.84. The molecule has 2 rings (SSSR count). The zero-order valence-corrected chi connectivity index (χ0v) is 22.8. The van der Waals surface area contributed by atoms with Crippen LogP contribution in [0.15, 0.2) is 103 Å². The molecule has 0 saturated heterocycles. The number of carbonyl (C=O) groups is 1. The van der Waals surface area contributed by atoms with Crippen LogP contribution < -0.4 is 0 Å². The van der Waals surface area contributed by atoms with Crippen molar-refractivity contribution in [3.63, 3.8) is 0 Å². The van der Waals surface area contributed by atoms with Crippen molar-refractivity contribution in [2.45, 2.75) is 58.3 Å². The molecule has 4 N–H and O–H groups in total. The van der Waals surface area contributed by atoms with Crippen molar-refractivity contribution < 1.29 is 25.2 Å². The van der Waals surface area contributed by atoms with E-state index in [2.05, 4.69) is 19.1 Å². The first-order valence-electron chi connectivity index (χ1n) is 13.5. The maximum Gasteiger partial charge on any atom is 0.328 e. The lowest BCUT2D eigenvalue weighted by atomic mass is 10.1. The first-order valence-corrected chi connectivity index (χ1v) is 13.5. The first kappa shape index (κ1) is 32.8. The van der Waals surface area contributed by atoms with E-state index in [9.17, 15) is 15.0 Å². The van der Waals surface area contributed by atoms with E-state index < -0.39 is 5.97 Å². The van der Waals surface area contributed by atoms with Gasteiger partial charge in [-0.1, -0.05) is 124 Å². The van der Waals surface area contributed by atoms with Crippen molar-refractivity contribution in [2.24, 2.45) is 0 Å². The summed E-state index contributed by atoms with van der Waals surface area (Å²) in [5, 5.41) is 36.1. The van der Waals surface area contributed by atoms with Crippen LogP contribution >= 0.6 is 0 Å². The average molecular weight is 531 g/mol. The number of phenols is 3. The monoisotopic (exact) mass is 530 g/mol. The molecule has 2 aromatic rings. The molecular formula is C34H42O5. The highest BCUT2D eigenvalue weighted by atomic mass is 16.4. The first-order chi connectivity index (χ1) is 18.9. The van der Waals surface area contributed by atoms with Gasteiger partial charge in [0, 0.05) is 12.1 Å². The van der Waals surface area contributed by atoms with Gasteiger partial charge in [-0.2, -0.15) is 0 Å². The summed E-state index contributed by atoms with van der Waals surface area (Å²) in [6, 6.07) is 11.1. The molecule has 0 radical (unpaired) electrons. The Morgan fingerprint density at radius 1 is 0.615 bits per heavy atom. The summed E-state index contributed by atoms with van der Waals surface area (Å²) in [4.78, 5) is 10.2. The van der Waals surface area contributed by atoms with Crippen molar-refractivity contribution in [1.82, 2.24) is 0 Å². The molecule has 5 heteroatoms. The van der Waals surface area contributed by atoms with Crippen LogP contribution in [0.25, 0.3) is 12.2 Å². The molecule has 0 unspecified atom stereocenters. The lowest BCUT2D eigenvalue weighted by molar-refractivity contribution is -0.131. The minimum absolute atomic E-state index is 0.0235. The van der Waals surface area contributed by atoms with Crippen molar-refractivity contribution in [2.75, 3.05) is 0 Å².